The molecule has 0 aliphatic rings. The van der Waals surface area contributed by atoms with E-state index in [4.69, 9.17) is 5.11 Å². The fourth-order valence-corrected chi connectivity index (χ4v) is 1.99. The minimum atomic E-state index is -0.762. The summed E-state index contributed by atoms with van der Waals surface area (Å²) in [5, 5.41) is 12.0. The van der Waals surface area contributed by atoms with Crippen molar-refractivity contribution in [3.8, 4) is 0 Å². The van der Waals surface area contributed by atoms with E-state index in [-0.39, 0.29) is 6.42 Å². The van der Waals surface area contributed by atoms with Gasteiger partial charge in [-0.05, 0) is 61.2 Å². The van der Waals surface area contributed by atoms with Crippen LogP contribution in [-0.4, -0.2) is 11.1 Å². The molecule has 0 aliphatic carbocycles. The van der Waals surface area contributed by atoms with Crippen LogP contribution in [0.15, 0.2) is 42.5 Å². The first-order chi connectivity index (χ1) is 9.54. The van der Waals surface area contributed by atoms with Crippen LogP contribution in [0.2, 0.25) is 0 Å². The van der Waals surface area contributed by atoms with E-state index in [9.17, 15) is 4.79 Å². The van der Waals surface area contributed by atoms with Crippen molar-refractivity contribution in [2.24, 2.45) is 0 Å². The highest BCUT2D eigenvalue weighted by Gasteiger charge is 2.00. The minimum Gasteiger partial charge on any atom is -0.481 e. The van der Waals surface area contributed by atoms with Gasteiger partial charge < -0.3 is 10.4 Å². The molecule has 3 nitrogen and oxygen atoms in total. The minimum absolute atomic E-state index is 0.171. The number of aryl methyl sites for hydroxylation is 3. The maximum absolute atomic E-state index is 10.5. The molecule has 0 spiro atoms. The Morgan fingerprint density at radius 1 is 1.00 bits per heavy atom. The second-order valence-corrected chi connectivity index (χ2v) is 5.01. The van der Waals surface area contributed by atoms with E-state index in [2.05, 4.69) is 37.4 Å². The van der Waals surface area contributed by atoms with Crippen LogP contribution in [0, 0.1) is 13.8 Å². The first kappa shape index (κ1) is 14.1. The molecule has 2 aromatic carbocycles. The van der Waals surface area contributed by atoms with E-state index in [0.29, 0.717) is 6.42 Å². The van der Waals surface area contributed by atoms with Gasteiger partial charge >= 0.3 is 5.97 Å². The van der Waals surface area contributed by atoms with E-state index in [0.717, 1.165) is 16.9 Å². The number of carboxylic acids is 1. The third-order valence-corrected chi connectivity index (χ3v) is 3.38. The van der Waals surface area contributed by atoms with Crippen molar-refractivity contribution in [3.05, 3.63) is 59.2 Å². The molecular weight excluding hydrogens is 250 g/mol. The van der Waals surface area contributed by atoms with Gasteiger partial charge in [-0.1, -0.05) is 18.2 Å². The first-order valence-electron chi connectivity index (χ1n) is 6.69. The largest absolute Gasteiger partial charge is 0.481 e. The van der Waals surface area contributed by atoms with Crippen molar-refractivity contribution in [3.63, 3.8) is 0 Å². The van der Waals surface area contributed by atoms with Gasteiger partial charge in [0.25, 0.3) is 0 Å². The Morgan fingerprint density at radius 3 is 2.25 bits per heavy atom. The van der Waals surface area contributed by atoms with Gasteiger partial charge in [0.1, 0.15) is 0 Å². The monoisotopic (exact) mass is 269 g/mol. The number of rotatable bonds is 5. The lowest BCUT2D eigenvalue weighted by atomic mass is 10.1. The molecule has 0 heterocycles. The maximum Gasteiger partial charge on any atom is 0.303 e. The SMILES string of the molecule is Cc1ccc(Nc2ccc(CCC(=O)O)cc2)cc1C. The second-order valence-electron chi connectivity index (χ2n) is 5.01. The highest BCUT2D eigenvalue weighted by atomic mass is 16.4. The summed E-state index contributed by atoms with van der Waals surface area (Å²) in [6.45, 7) is 4.19. The van der Waals surface area contributed by atoms with Crippen LogP contribution in [0.25, 0.3) is 0 Å². The molecule has 0 atom stereocenters. The van der Waals surface area contributed by atoms with Crippen LogP contribution in [0.4, 0.5) is 11.4 Å². The number of hydrogen-bond acceptors (Lipinski definition) is 2. The van der Waals surface area contributed by atoms with Crippen molar-refractivity contribution < 1.29 is 9.90 Å². The number of nitrogens with one attached hydrogen (secondary N) is 1. The molecule has 2 aromatic rings. The molecule has 0 amide bonds. The summed E-state index contributed by atoms with van der Waals surface area (Å²) < 4.78 is 0. The fraction of sp³-hybridized carbons (Fsp3) is 0.235. The third-order valence-electron chi connectivity index (χ3n) is 3.38. The Morgan fingerprint density at radius 2 is 1.65 bits per heavy atom. The van der Waals surface area contributed by atoms with E-state index in [1.165, 1.54) is 11.1 Å². The lowest BCUT2D eigenvalue weighted by molar-refractivity contribution is -0.136. The molecule has 0 aliphatic heterocycles. The topological polar surface area (TPSA) is 49.3 Å². The molecular formula is C17H19NO2. The molecule has 20 heavy (non-hydrogen) atoms. The number of carbonyl (C=O) groups is 1. The quantitative estimate of drug-likeness (QED) is 0.860. The molecule has 0 unspecified atom stereocenters. The molecule has 0 saturated carbocycles. The molecule has 2 N–H and O–H groups in total. The summed E-state index contributed by atoms with van der Waals surface area (Å²) in [7, 11) is 0. The summed E-state index contributed by atoms with van der Waals surface area (Å²) in [6.07, 6.45) is 0.739. The van der Waals surface area contributed by atoms with Crippen LogP contribution in [0.1, 0.15) is 23.1 Å². The van der Waals surface area contributed by atoms with Gasteiger partial charge in [-0.3, -0.25) is 4.79 Å². The van der Waals surface area contributed by atoms with Gasteiger partial charge in [0.05, 0.1) is 0 Å². The van der Waals surface area contributed by atoms with Crippen LogP contribution in [0.5, 0.6) is 0 Å². The standard InChI is InChI=1S/C17H19NO2/c1-12-3-7-16(11-13(12)2)18-15-8-4-14(5-9-15)6-10-17(19)20/h3-5,7-9,11,18H,6,10H2,1-2H3,(H,19,20). The average Bonchev–Trinajstić information content (AvgIpc) is 2.42. The number of anilines is 2. The molecule has 3 heteroatoms. The van der Waals surface area contributed by atoms with E-state index in [1.807, 2.05) is 24.3 Å². The predicted molar refractivity (Wildman–Crippen MR) is 81.6 cm³/mol. The van der Waals surface area contributed by atoms with Crippen LogP contribution >= 0.6 is 0 Å². The van der Waals surface area contributed by atoms with Crippen molar-refractivity contribution >= 4 is 17.3 Å². The molecule has 0 fully saturated rings. The van der Waals surface area contributed by atoms with Crippen LogP contribution in [-0.2, 0) is 11.2 Å². The Kier molecular flexibility index (Phi) is 4.41. The zero-order valence-electron chi connectivity index (χ0n) is 11.8. The second kappa shape index (κ2) is 6.24. The van der Waals surface area contributed by atoms with Gasteiger partial charge in [-0.2, -0.15) is 0 Å². The van der Waals surface area contributed by atoms with Gasteiger partial charge in [0.15, 0.2) is 0 Å². The average molecular weight is 269 g/mol. The molecule has 0 bridgehead atoms. The predicted octanol–water partition coefficient (Wildman–Crippen LogP) is 4.06. The number of benzene rings is 2. The van der Waals surface area contributed by atoms with Crippen molar-refractivity contribution in [2.45, 2.75) is 26.7 Å². The zero-order valence-corrected chi connectivity index (χ0v) is 11.8. The number of hydrogen-bond donors (Lipinski definition) is 2. The Balaban J connectivity index is 2.02. The third kappa shape index (κ3) is 3.85. The van der Waals surface area contributed by atoms with Gasteiger partial charge in [0.2, 0.25) is 0 Å². The highest BCUT2D eigenvalue weighted by molar-refractivity contribution is 5.67. The van der Waals surface area contributed by atoms with Gasteiger partial charge in [0, 0.05) is 17.8 Å². The fourth-order valence-electron chi connectivity index (χ4n) is 1.99. The molecule has 0 aromatic heterocycles. The lowest BCUT2D eigenvalue weighted by Gasteiger charge is -2.09. The first-order valence-corrected chi connectivity index (χ1v) is 6.69. The maximum atomic E-state index is 10.5. The van der Waals surface area contributed by atoms with Crippen LogP contribution < -0.4 is 5.32 Å². The molecule has 0 radical (unpaired) electrons. The van der Waals surface area contributed by atoms with Crippen molar-refractivity contribution in [1.82, 2.24) is 0 Å². The zero-order chi connectivity index (χ0) is 14.5. The van der Waals surface area contributed by atoms with E-state index < -0.39 is 5.97 Å². The molecule has 104 valence electrons. The summed E-state index contributed by atoms with van der Waals surface area (Å²) in [5.41, 5.74) is 5.64. The Hall–Kier alpha value is -2.29. The summed E-state index contributed by atoms with van der Waals surface area (Å²) in [6, 6.07) is 14.2. The molecule has 2 rings (SSSR count). The normalized spacial score (nSPS) is 10.3. The highest BCUT2D eigenvalue weighted by Crippen LogP contribution is 2.20. The van der Waals surface area contributed by atoms with Gasteiger partial charge in [-0.25, -0.2) is 0 Å². The van der Waals surface area contributed by atoms with Crippen molar-refractivity contribution in [2.75, 3.05) is 5.32 Å². The van der Waals surface area contributed by atoms with Gasteiger partial charge in [-0.15, -0.1) is 0 Å². The summed E-state index contributed by atoms with van der Waals surface area (Å²) >= 11 is 0. The molecule has 0 saturated heterocycles. The van der Waals surface area contributed by atoms with Crippen LogP contribution in [0.3, 0.4) is 0 Å². The Bertz CT molecular complexity index is 603. The lowest BCUT2D eigenvalue weighted by Crippen LogP contribution is -1.97. The van der Waals surface area contributed by atoms with E-state index >= 15 is 0 Å². The van der Waals surface area contributed by atoms with Crippen molar-refractivity contribution in [1.29, 1.82) is 0 Å². The summed E-state index contributed by atoms with van der Waals surface area (Å²) in [4.78, 5) is 10.5. The van der Waals surface area contributed by atoms with E-state index in [1.54, 1.807) is 0 Å². The number of carboxylic acid groups (broad SMARTS) is 1. The number of aliphatic carboxylic acids is 1. The summed E-state index contributed by atoms with van der Waals surface area (Å²) in [5.74, 6) is -0.762. The Labute approximate surface area is 119 Å². The smallest absolute Gasteiger partial charge is 0.303 e.